The minimum Gasteiger partial charge on any atom is -0.478 e. The summed E-state index contributed by atoms with van der Waals surface area (Å²) in [6.07, 6.45) is 2.59. The number of rotatable bonds is 5. The molecule has 0 radical (unpaired) electrons. The number of halogens is 1. The number of carboxylic acids is 1. The minimum atomic E-state index is -3.26. The maximum absolute atomic E-state index is 11.6. The molecule has 8 heteroatoms. The fourth-order valence-corrected chi connectivity index (χ4v) is 1.84. The third-order valence-electron chi connectivity index (χ3n) is 2.77. The molecule has 1 rings (SSSR count). The SMILES string of the molecule is CC(C)(CNc1ncc(Br)cc1C(=O)O)S(C)(=O)=O. The second-order valence-electron chi connectivity index (χ2n) is 4.74. The van der Waals surface area contributed by atoms with Crippen LogP contribution in [-0.2, 0) is 9.84 Å². The largest absolute Gasteiger partial charge is 0.478 e. The van der Waals surface area contributed by atoms with E-state index in [9.17, 15) is 13.2 Å². The lowest BCUT2D eigenvalue weighted by molar-refractivity contribution is 0.0697. The Hall–Kier alpha value is -1.15. The lowest BCUT2D eigenvalue weighted by Gasteiger charge is -2.23. The summed E-state index contributed by atoms with van der Waals surface area (Å²) in [5, 5.41) is 11.8. The Labute approximate surface area is 120 Å². The average Bonchev–Trinajstić information content (AvgIpc) is 2.25. The van der Waals surface area contributed by atoms with Crippen LogP contribution in [0.5, 0.6) is 0 Å². The van der Waals surface area contributed by atoms with Gasteiger partial charge < -0.3 is 10.4 Å². The summed E-state index contributed by atoms with van der Waals surface area (Å²) in [5.41, 5.74) is -0.0151. The molecule has 1 aromatic heterocycles. The van der Waals surface area contributed by atoms with E-state index in [4.69, 9.17) is 5.11 Å². The first kappa shape index (κ1) is 15.9. The highest BCUT2D eigenvalue weighted by Gasteiger charge is 2.30. The lowest BCUT2D eigenvalue weighted by atomic mass is 10.2. The fraction of sp³-hybridized carbons (Fsp3) is 0.455. The van der Waals surface area contributed by atoms with Crippen molar-refractivity contribution in [2.45, 2.75) is 18.6 Å². The van der Waals surface area contributed by atoms with Gasteiger partial charge in [0.1, 0.15) is 11.4 Å². The molecule has 0 saturated carbocycles. The molecule has 0 aliphatic carbocycles. The van der Waals surface area contributed by atoms with Crippen LogP contribution in [0.3, 0.4) is 0 Å². The first-order chi connectivity index (χ1) is 8.54. The zero-order chi connectivity index (χ0) is 14.8. The zero-order valence-corrected chi connectivity index (χ0v) is 13.2. The normalized spacial score (nSPS) is 12.2. The Morgan fingerprint density at radius 1 is 1.53 bits per heavy atom. The van der Waals surface area contributed by atoms with Crippen molar-refractivity contribution in [1.29, 1.82) is 0 Å². The molecule has 2 N–H and O–H groups in total. The number of carboxylic acid groups (broad SMARTS) is 1. The van der Waals surface area contributed by atoms with Gasteiger partial charge in [-0.3, -0.25) is 0 Å². The van der Waals surface area contributed by atoms with Crippen LogP contribution in [0, 0.1) is 0 Å². The van der Waals surface area contributed by atoms with Crippen molar-refractivity contribution in [2.75, 3.05) is 18.1 Å². The van der Waals surface area contributed by atoms with Crippen LogP contribution in [0.2, 0.25) is 0 Å². The summed E-state index contributed by atoms with van der Waals surface area (Å²) in [6, 6.07) is 1.41. The van der Waals surface area contributed by atoms with Crippen LogP contribution in [-0.4, -0.2) is 42.0 Å². The van der Waals surface area contributed by atoms with Crippen molar-refractivity contribution in [2.24, 2.45) is 0 Å². The monoisotopic (exact) mass is 350 g/mol. The first-order valence-electron chi connectivity index (χ1n) is 5.37. The predicted octanol–water partition coefficient (Wildman–Crippen LogP) is 1.78. The van der Waals surface area contributed by atoms with E-state index in [1.54, 1.807) is 13.8 Å². The van der Waals surface area contributed by atoms with Gasteiger partial charge in [-0.1, -0.05) is 0 Å². The first-order valence-corrected chi connectivity index (χ1v) is 8.05. The molecule has 0 aliphatic rings. The molecule has 0 amide bonds. The summed E-state index contributed by atoms with van der Waals surface area (Å²) < 4.78 is 22.6. The van der Waals surface area contributed by atoms with Gasteiger partial charge in [-0.2, -0.15) is 0 Å². The van der Waals surface area contributed by atoms with E-state index >= 15 is 0 Å². The van der Waals surface area contributed by atoms with Gasteiger partial charge in [-0.15, -0.1) is 0 Å². The van der Waals surface area contributed by atoms with Crippen molar-refractivity contribution in [3.8, 4) is 0 Å². The maximum Gasteiger partial charge on any atom is 0.339 e. The van der Waals surface area contributed by atoms with Crippen LogP contribution in [0.1, 0.15) is 24.2 Å². The Kier molecular flexibility index (Phi) is 4.57. The van der Waals surface area contributed by atoms with Crippen LogP contribution in [0.4, 0.5) is 5.82 Å². The Bertz CT molecular complexity index is 599. The van der Waals surface area contributed by atoms with Crippen LogP contribution < -0.4 is 5.32 Å². The van der Waals surface area contributed by atoms with Crippen LogP contribution >= 0.6 is 15.9 Å². The predicted molar refractivity (Wildman–Crippen MR) is 76.3 cm³/mol. The molecule has 0 aliphatic heterocycles. The van der Waals surface area contributed by atoms with E-state index in [-0.39, 0.29) is 17.9 Å². The third kappa shape index (κ3) is 3.90. The number of anilines is 1. The van der Waals surface area contributed by atoms with Gasteiger partial charge in [0.15, 0.2) is 9.84 Å². The fourth-order valence-electron chi connectivity index (χ4n) is 1.17. The molecular weight excluding hydrogens is 336 g/mol. The van der Waals surface area contributed by atoms with Gasteiger partial charge in [0.05, 0.1) is 4.75 Å². The molecule has 0 atom stereocenters. The Morgan fingerprint density at radius 3 is 2.58 bits per heavy atom. The van der Waals surface area contributed by atoms with Crippen molar-refractivity contribution < 1.29 is 18.3 Å². The highest BCUT2D eigenvalue weighted by Crippen LogP contribution is 2.21. The lowest BCUT2D eigenvalue weighted by Crippen LogP contribution is -2.38. The van der Waals surface area contributed by atoms with Crippen molar-refractivity contribution in [1.82, 2.24) is 4.98 Å². The van der Waals surface area contributed by atoms with Gasteiger partial charge in [0, 0.05) is 23.5 Å². The van der Waals surface area contributed by atoms with Gasteiger partial charge in [0.2, 0.25) is 0 Å². The molecule has 0 bridgehead atoms. The topological polar surface area (TPSA) is 96.4 Å². The number of sulfone groups is 1. The molecule has 19 heavy (non-hydrogen) atoms. The maximum atomic E-state index is 11.6. The number of carbonyl (C=O) groups is 1. The average molecular weight is 351 g/mol. The van der Waals surface area contributed by atoms with Crippen molar-refractivity contribution >= 4 is 37.6 Å². The number of aromatic carboxylic acids is 1. The smallest absolute Gasteiger partial charge is 0.339 e. The molecule has 106 valence electrons. The van der Waals surface area contributed by atoms with E-state index in [0.29, 0.717) is 4.47 Å². The van der Waals surface area contributed by atoms with Gasteiger partial charge in [-0.25, -0.2) is 18.2 Å². The number of hydrogen-bond acceptors (Lipinski definition) is 5. The Morgan fingerprint density at radius 2 is 2.11 bits per heavy atom. The number of aromatic nitrogens is 1. The quantitative estimate of drug-likeness (QED) is 0.839. The molecule has 0 unspecified atom stereocenters. The van der Waals surface area contributed by atoms with E-state index in [1.807, 2.05) is 0 Å². The third-order valence-corrected chi connectivity index (χ3v) is 5.36. The minimum absolute atomic E-state index is 0.0151. The molecule has 0 saturated heterocycles. The summed E-state index contributed by atoms with van der Waals surface area (Å²) >= 11 is 3.14. The van der Waals surface area contributed by atoms with Crippen molar-refractivity contribution in [3.63, 3.8) is 0 Å². The summed E-state index contributed by atoms with van der Waals surface area (Å²) in [5.74, 6) is -0.985. The number of nitrogens with zero attached hydrogens (tertiary/aromatic N) is 1. The van der Waals surface area contributed by atoms with Crippen molar-refractivity contribution in [3.05, 3.63) is 22.3 Å². The number of nitrogens with one attached hydrogen (secondary N) is 1. The molecule has 1 heterocycles. The number of pyridine rings is 1. The Balaban J connectivity index is 2.99. The molecular formula is C11H15BrN2O4S. The van der Waals surface area contributed by atoms with E-state index < -0.39 is 20.6 Å². The summed E-state index contributed by atoms with van der Waals surface area (Å²) in [6.45, 7) is 3.20. The highest BCUT2D eigenvalue weighted by molar-refractivity contribution is 9.10. The van der Waals surface area contributed by atoms with E-state index in [2.05, 4.69) is 26.2 Å². The molecule has 0 aromatic carbocycles. The summed E-state index contributed by atoms with van der Waals surface area (Å²) in [7, 11) is -3.26. The zero-order valence-electron chi connectivity index (χ0n) is 10.8. The van der Waals surface area contributed by atoms with Crippen LogP contribution in [0.25, 0.3) is 0 Å². The number of hydrogen-bond donors (Lipinski definition) is 2. The van der Waals surface area contributed by atoms with E-state index in [1.165, 1.54) is 12.3 Å². The molecule has 0 spiro atoms. The standard InChI is InChI=1S/C11H15BrN2O4S/c1-11(2,19(3,17)18)6-14-9-8(10(15)16)4-7(12)5-13-9/h4-5H,6H2,1-3H3,(H,13,14)(H,15,16). The second kappa shape index (κ2) is 5.46. The summed E-state index contributed by atoms with van der Waals surface area (Å²) in [4.78, 5) is 15.0. The van der Waals surface area contributed by atoms with Crippen LogP contribution in [0.15, 0.2) is 16.7 Å². The molecule has 0 fully saturated rings. The second-order valence-corrected chi connectivity index (χ2v) is 8.31. The van der Waals surface area contributed by atoms with Gasteiger partial charge in [-0.05, 0) is 35.8 Å². The molecule has 1 aromatic rings. The van der Waals surface area contributed by atoms with Gasteiger partial charge in [0.25, 0.3) is 0 Å². The van der Waals surface area contributed by atoms with E-state index in [0.717, 1.165) is 6.26 Å². The highest BCUT2D eigenvalue weighted by atomic mass is 79.9. The molecule has 6 nitrogen and oxygen atoms in total. The van der Waals surface area contributed by atoms with Gasteiger partial charge >= 0.3 is 5.97 Å².